The van der Waals surface area contributed by atoms with E-state index in [0.29, 0.717) is 21.9 Å². The monoisotopic (exact) mass is 904 g/mol. The number of nitrogens with zero attached hydrogens (tertiary/aromatic N) is 6. The van der Waals surface area contributed by atoms with Gasteiger partial charge in [-0.1, -0.05) is 133 Å². The molecular weight excluding hydrogens is 875 g/mol. The number of azo groups is 2. The third-order valence-electron chi connectivity index (χ3n) is 9.92. The first-order chi connectivity index (χ1) is 30.2. The summed E-state index contributed by atoms with van der Waals surface area (Å²) < 4.78 is 43.8. The molecule has 0 aliphatic carbocycles. The number of halogens is 3. The topological polar surface area (TPSA) is 125 Å². The van der Waals surface area contributed by atoms with Gasteiger partial charge < -0.3 is 14.9 Å². The number of phenols is 2. The van der Waals surface area contributed by atoms with Crippen LogP contribution >= 0.6 is 11.3 Å². The van der Waals surface area contributed by atoms with Gasteiger partial charge >= 0.3 is 6.18 Å². The summed E-state index contributed by atoms with van der Waals surface area (Å²) in [4.78, 5) is 8.78. The Hall–Kier alpha value is -7.41. The van der Waals surface area contributed by atoms with E-state index < -0.39 is 11.7 Å². The van der Waals surface area contributed by atoms with Crippen LogP contribution in [0.3, 0.4) is 0 Å². The van der Waals surface area contributed by atoms with E-state index in [0.717, 1.165) is 61.1 Å². The number of aromatic hydroxyl groups is 2. The minimum Gasteiger partial charge on any atom is -0.505 e. The molecule has 14 heteroatoms. The maximum atomic E-state index is 12.7. The van der Waals surface area contributed by atoms with Crippen molar-refractivity contribution in [2.24, 2.45) is 20.5 Å². The second-order valence-corrected chi connectivity index (χ2v) is 14.7. The van der Waals surface area contributed by atoms with Gasteiger partial charge in [0.1, 0.15) is 17.1 Å². The van der Waals surface area contributed by atoms with Crippen LogP contribution in [-0.2, 0) is 25.7 Å². The molecule has 9 nitrogen and oxygen atoms in total. The van der Waals surface area contributed by atoms with Crippen molar-refractivity contribution in [2.45, 2.75) is 6.18 Å². The van der Waals surface area contributed by atoms with Crippen molar-refractivity contribution in [3.05, 3.63) is 181 Å². The molecular formula is C49H31F3N6O3SZn. The van der Waals surface area contributed by atoms with Crippen LogP contribution in [-0.4, -0.2) is 20.2 Å². The summed E-state index contributed by atoms with van der Waals surface area (Å²) in [7, 11) is 0. The van der Waals surface area contributed by atoms with Gasteiger partial charge in [0, 0.05) is 58.0 Å². The molecule has 2 heterocycles. The molecule has 0 radical (unpaired) electrons. The molecule has 0 aliphatic rings. The van der Waals surface area contributed by atoms with E-state index in [-0.39, 0.29) is 48.4 Å². The minimum absolute atomic E-state index is 0. The summed E-state index contributed by atoms with van der Waals surface area (Å²) >= 11 is 1.43. The Morgan fingerprint density at radius 2 is 0.952 bits per heavy atom. The van der Waals surface area contributed by atoms with Gasteiger partial charge in [0.15, 0.2) is 17.3 Å². The zero-order chi connectivity index (χ0) is 42.6. The van der Waals surface area contributed by atoms with E-state index in [1.165, 1.54) is 23.5 Å². The number of aromatic nitrogens is 2. The second kappa shape index (κ2) is 18.3. The summed E-state index contributed by atoms with van der Waals surface area (Å²) in [6, 6.07) is 49.8. The van der Waals surface area contributed by atoms with Gasteiger partial charge in [0.05, 0.1) is 11.3 Å². The molecule has 304 valence electrons. The van der Waals surface area contributed by atoms with Gasteiger partial charge in [0.2, 0.25) is 11.0 Å². The summed E-state index contributed by atoms with van der Waals surface area (Å²) in [5, 5.41) is 48.2. The summed E-state index contributed by atoms with van der Waals surface area (Å²) in [5.74, 6) is 0.700. The van der Waals surface area contributed by atoms with Crippen LogP contribution in [0, 0.1) is 0 Å². The Kier molecular flexibility index (Phi) is 12.3. The van der Waals surface area contributed by atoms with Crippen LogP contribution < -0.4 is 4.74 Å². The molecule has 0 fully saturated rings. The summed E-state index contributed by atoms with van der Waals surface area (Å²) in [5.41, 5.74) is 1.92. The third-order valence-corrected chi connectivity index (χ3v) is 10.6. The van der Waals surface area contributed by atoms with E-state index in [1.54, 1.807) is 18.2 Å². The van der Waals surface area contributed by atoms with Crippen LogP contribution in [0.4, 0.5) is 35.5 Å². The number of fused-ring (bicyclic) bond motifs is 6. The molecule has 63 heavy (non-hydrogen) atoms. The van der Waals surface area contributed by atoms with E-state index in [4.69, 9.17) is 4.74 Å². The fraction of sp³-hybridized carbons (Fsp3) is 0.0204. The van der Waals surface area contributed by atoms with Crippen LogP contribution in [0.2, 0.25) is 0 Å². The molecule has 0 aliphatic heterocycles. The largest absolute Gasteiger partial charge is 0.505 e. The molecule has 0 amide bonds. The van der Waals surface area contributed by atoms with Gasteiger partial charge in [-0.3, -0.25) is 0 Å². The van der Waals surface area contributed by atoms with Crippen molar-refractivity contribution in [1.29, 1.82) is 0 Å². The SMILES string of the molecule is Oc1c(N=Nc2cccc(Oc3ccc(C(F)(F)F)cc3)n2)c2ccccc2c2ccccc12.Oc1c(N=Nc2nc(-c3ccccc3)cs2)c2ccccc2c2ccccc12.[Zn]. The van der Waals surface area contributed by atoms with Crippen LogP contribution in [0.1, 0.15) is 5.56 Å². The molecule has 0 unspecified atom stereocenters. The predicted octanol–water partition coefficient (Wildman–Crippen LogP) is 15.6. The van der Waals surface area contributed by atoms with Crippen molar-refractivity contribution in [1.82, 2.24) is 9.97 Å². The Balaban J connectivity index is 0.000000173. The molecule has 2 N–H and O–H groups in total. The van der Waals surface area contributed by atoms with Gasteiger partial charge in [-0.15, -0.1) is 31.8 Å². The van der Waals surface area contributed by atoms with Gasteiger partial charge in [-0.2, -0.15) is 18.2 Å². The maximum absolute atomic E-state index is 12.7. The number of hydrogen-bond donors (Lipinski definition) is 2. The molecule has 10 aromatic rings. The second-order valence-electron chi connectivity index (χ2n) is 13.8. The number of thiazole rings is 1. The summed E-state index contributed by atoms with van der Waals surface area (Å²) in [6.07, 6.45) is -4.42. The zero-order valence-corrected chi connectivity index (χ0v) is 36.8. The quantitative estimate of drug-likeness (QED) is 0.0936. The average molecular weight is 906 g/mol. The molecule has 0 saturated carbocycles. The maximum Gasteiger partial charge on any atom is 0.416 e. The molecule has 0 bridgehead atoms. The molecule has 0 spiro atoms. The number of pyridine rings is 1. The fourth-order valence-electron chi connectivity index (χ4n) is 7.01. The van der Waals surface area contributed by atoms with Crippen LogP contribution in [0.25, 0.3) is 54.3 Å². The van der Waals surface area contributed by atoms with E-state index in [9.17, 15) is 23.4 Å². The Labute approximate surface area is 374 Å². The molecule has 8 aromatic carbocycles. The average Bonchev–Trinajstić information content (AvgIpc) is 3.79. The first kappa shape index (κ1) is 42.3. The molecule has 10 rings (SSSR count). The van der Waals surface area contributed by atoms with E-state index >= 15 is 0 Å². The van der Waals surface area contributed by atoms with Crippen LogP contribution in [0.5, 0.6) is 23.1 Å². The van der Waals surface area contributed by atoms with Gasteiger partial charge in [0.25, 0.3) is 0 Å². The Bertz CT molecular complexity index is 3310. The number of phenolic OH excluding ortho intramolecular Hbond substituents is 2. The number of ether oxygens (including phenoxy) is 1. The normalized spacial score (nSPS) is 11.6. The van der Waals surface area contributed by atoms with E-state index in [2.05, 4.69) is 30.4 Å². The van der Waals surface area contributed by atoms with E-state index in [1.807, 2.05) is 133 Å². The number of benzene rings is 8. The van der Waals surface area contributed by atoms with Gasteiger partial charge in [-0.25, -0.2) is 4.98 Å². The zero-order valence-electron chi connectivity index (χ0n) is 33.0. The van der Waals surface area contributed by atoms with Crippen LogP contribution in [0.15, 0.2) is 196 Å². The van der Waals surface area contributed by atoms with Crippen molar-refractivity contribution in [2.75, 3.05) is 0 Å². The summed E-state index contributed by atoms with van der Waals surface area (Å²) in [6.45, 7) is 0. The standard InChI is InChI=1S/C26H16F3N3O2.C23H15N3OS.Zn/c27-26(28,29)16-12-14-17(15-13-16)34-23-11-5-10-22(30-23)31-32-24-20-8-3-1-6-18(20)19-7-2-4-9-21(19)25(24)33;27-22-19-13-7-5-11-17(19)16-10-4-6-12-18(16)21(22)25-26-23-24-20(14-28-23)15-8-2-1-3-9-15;/h1-15,33H;1-14,27H;. The molecule has 0 saturated heterocycles. The van der Waals surface area contributed by atoms with Crippen molar-refractivity contribution >= 4 is 76.8 Å². The van der Waals surface area contributed by atoms with Crippen molar-refractivity contribution < 1.29 is 47.6 Å². The minimum atomic E-state index is -4.42. The first-order valence-corrected chi connectivity index (χ1v) is 20.0. The fourth-order valence-corrected chi connectivity index (χ4v) is 7.65. The van der Waals surface area contributed by atoms with Crippen molar-refractivity contribution in [3.8, 4) is 34.4 Å². The Morgan fingerprint density at radius 3 is 1.49 bits per heavy atom. The van der Waals surface area contributed by atoms with Crippen molar-refractivity contribution in [3.63, 3.8) is 0 Å². The third kappa shape index (κ3) is 8.99. The van der Waals surface area contributed by atoms with Gasteiger partial charge in [-0.05, 0) is 51.9 Å². The smallest absolute Gasteiger partial charge is 0.416 e. The first-order valence-electron chi connectivity index (χ1n) is 19.1. The molecule has 0 atom stereocenters. The Morgan fingerprint density at radius 1 is 0.476 bits per heavy atom. The number of hydrogen-bond acceptors (Lipinski definition) is 10. The number of rotatable bonds is 7. The molecule has 2 aromatic heterocycles. The number of alkyl halides is 3. The predicted molar refractivity (Wildman–Crippen MR) is 238 cm³/mol.